The first-order valence-corrected chi connectivity index (χ1v) is 7.06. The van der Waals surface area contributed by atoms with Gasteiger partial charge in [0, 0.05) is 18.3 Å². The standard InChI is InChI=1S/C15H23BN2O3/c1-14(2)15(3,4)21-16(20-14)12(10-17)9-11-7-6-8-18-13(11)19-5/h6-9H,10,17H2,1-5H3. The lowest BCUT2D eigenvalue weighted by atomic mass is 9.77. The molecule has 0 aromatic carbocycles. The molecule has 0 aliphatic carbocycles. The largest absolute Gasteiger partial charge is 0.491 e. The van der Waals surface area contributed by atoms with Gasteiger partial charge in [0.25, 0.3) is 0 Å². The number of pyridine rings is 1. The van der Waals surface area contributed by atoms with E-state index < -0.39 is 7.12 Å². The van der Waals surface area contributed by atoms with Gasteiger partial charge in [-0.15, -0.1) is 0 Å². The predicted octanol–water partition coefficient (Wildman–Crippen LogP) is 2.06. The van der Waals surface area contributed by atoms with E-state index in [0.717, 1.165) is 11.0 Å². The first-order valence-electron chi connectivity index (χ1n) is 7.06. The summed E-state index contributed by atoms with van der Waals surface area (Å²) in [5.74, 6) is 0.556. The van der Waals surface area contributed by atoms with Crippen LogP contribution in [-0.4, -0.2) is 37.0 Å². The predicted molar refractivity (Wildman–Crippen MR) is 83.9 cm³/mol. The zero-order valence-corrected chi connectivity index (χ0v) is 13.3. The maximum atomic E-state index is 6.03. The lowest BCUT2D eigenvalue weighted by Gasteiger charge is -2.32. The highest BCUT2D eigenvalue weighted by Gasteiger charge is 2.52. The van der Waals surface area contributed by atoms with Crippen LogP contribution in [-0.2, 0) is 9.31 Å². The minimum absolute atomic E-state index is 0.342. The summed E-state index contributed by atoms with van der Waals surface area (Å²) in [5, 5.41) is 0. The molecule has 1 saturated heterocycles. The van der Waals surface area contributed by atoms with Crippen molar-refractivity contribution in [3.8, 4) is 5.88 Å². The van der Waals surface area contributed by atoms with Crippen LogP contribution in [0, 0.1) is 0 Å². The molecular weight excluding hydrogens is 267 g/mol. The summed E-state index contributed by atoms with van der Waals surface area (Å²) in [6.07, 6.45) is 3.61. The molecule has 2 rings (SSSR count). The fraction of sp³-hybridized carbons (Fsp3) is 0.533. The van der Waals surface area contributed by atoms with Gasteiger partial charge in [-0.2, -0.15) is 0 Å². The average molecular weight is 290 g/mol. The minimum Gasteiger partial charge on any atom is -0.481 e. The summed E-state index contributed by atoms with van der Waals surface area (Å²) < 4.78 is 17.3. The molecule has 0 spiro atoms. The van der Waals surface area contributed by atoms with E-state index in [9.17, 15) is 0 Å². The van der Waals surface area contributed by atoms with Crippen molar-refractivity contribution in [2.24, 2.45) is 5.73 Å². The second-order valence-corrected chi connectivity index (χ2v) is 6.11. The summed E-state index contributed by atoms with van der Waals surface area (Å²) in [6.45, 7) is 8.42. The molecule has 0 saturated carbocycles. The fourth-order valence-electron chi connectivity index (χ4n) is 2.10. The van der Waals surface area contributed by atoms with Gasteiger partial charge in [0.05, 0.1) is 18.3 Å². The monoisotopic (exact) mass is 290 g/mol. The molecule has 21 heavy (non-hydrogen) atoms. The lowest BCUT2D eigenvalue weighted by molar-refractivity contribution is 0.00578. The van der Waals surface area contributed by atoms with Crippen LogP contribution in [0.15, 0.2) is 23.8 Å². The Balaban J connectivity index is 2.31. The molecule has 0 bridgehead atoms. The number of aromatic nitrogens is 1. The van der Waals surface area contributed by atoms with Crippen LogP contribution < -0.4 is 10.5 Å². The van der Waals surface area contributed by atoms with Crippen molar-refractivity contribution in [1.29, 1.82) is 0 Å². The molecule has 6 heteroatoms. The highest BCUT2D eigenvalue weighted by atomic mass is 16.7. The number of hydrogen-bond donors (Lipinski definition) is 1. The smallest absolute Gasteiger partial charge is 0.481 e. The van der Waals surface area contributed by atoms with Gasteiger partial charge in [-0.3, -0.25) is 0 Å². The van der Waals surface area contributed by atoms with Gasteiger partial charge in [0.15, 0.2) is 0 Å². The van der Waals surface area contributed by atoms with E-state index in [1.165, 1.54) is 0 Å². The molecule has 1 fully saturated rings. The Hall–Kier alpha value is -1.37. The number of methoxy groups -OCH3 is 1. The van der Waals surface area contributed by atoms with Crippen LogP contribution in [0.25, 0.3) is 6.08 Å². The Kier molecular flexibility index (Phi) is 4.42. The Morgan fingerprint density at radius 2 is 1.95 bits per heavy atom. The van der Waals surface area contributed by atoms with E-state index in [4.69, 9.17) is 19.8 Å². The van der Waals surface area contributed by atoms with Crippen LogP contribution in [0.4, 0.5) is 0 Å². The van der Waals surface area contributed by atoms with Crippen molar-refractivity contribution < 1.29 is 14.0 Å². The van der Waals surface area contributed by atoms with Crippen LogP contribution in [0.1, 0.15) is 33.3 Å². The van der Waals surface area contributed by atoms with Gasteiger partial charge in [-0.25, -0.2) is 4.98 Å². The van der Waals surface area contributed by atoms with Crippen molar-refractivity contribution in [2.45, 2.75) is 38.9 Å². The van der Waals surface area contributed by atoms with Crippen molar-refractivity contribution >= 4 is 13.2 Å². The molecule has 0 unspecified atom stereocenters. The quantitative estimate of drug-likeness (QED) is 0.860. The first kappa shape index (κ1) is 16.0. The molecule has 0 radical (unpaired) electrons. The number of ether oxygens (including phenoxy) is 1. The summed E-state index contributed by atoms with van der Waals surface area (Å²) in [5.41, 5.74) is 6.83. The van der Waals surface area contributed by atoms with Crippen molar-refractivity contribution in [3.05, 3.63) is 29.4 Å². The summed E-state index contributed by atoms with van der Waals surface area (Å²) >= 11 is 0. The lowest BCUT2D eigenvalue weighted by Crippen LogP contribution is -2.41. The van der Waals surface area contributed by atoms with E-state index in [0.29, 0.717) is 12.4 Å². The van der Waals surface area contributed by atoms with E-state index in [1.54, 1.807) is 13.3 Å². The van der Waals surface area contributed by atoms with Crippen LogP contribution in [0.5, 0.6) is 5.88 Å². The topological polar surface area (TPSA) is 66.6 Å². The van der Waals surface area contributed by atoms with Crippen molar-refractivity contribution in [2.75, 3.05) is 13.7 Å². The second-order valence-electron chi connectivity index (χ2n) is 6.11. The van der Waals surface area contributed by atoms with Crippen LogP contribution in [0.2, 0.25) is 0 Å². The first-order chi connectivity index (χ1) is 9.80. The Morgan fingerprint density at radius 1 is 1.33 bits per heavy atom. The highest BCUT2D eigenvalue weighted by molar-refractivity contribution is 6.55. The van der Waals surface area contributed by atoms with Gasteiger partial charge >= 0.3 is 7.12 Å². The van der Waals surface area contributed by atoms with Gasteiger partial charge in [-0.1, -0.05) is 6.08 Å². The SMILES string of the molecule is COc1ncccc1C=C(CN)B1OC(C)(C)C(C)(C)O1. The molecule has 2 N–H and O–H groups in total. The number of hydrogen-bond acceptors (Lipinski definition) is 5. The molecule has 0 atom stereocenters. The fourth-order valence-corrected chi connectivity index (χ4v) is 2.10. The average Bonchev–Trinajstić information content (AvgIpc) is 2.65. The Labute approximate surface area is 126 Å². The number of nitrogens with zero attached hydrogens (tertiary/aromatic N) is 1. The van der Waals surface area contributed by atoms with Gasteiger partial charge in [0.1, 0.15) is 0 Å². The molecule has 0 amide bonds. The molecular formula is C15H23BN2O3. The van der Waals surface area contributed by atoms with Crippen LogP contribution >= 0.6 is 0 Å². The van der Waals surface area contributed by atoms with E-state index in [1.807, 2.05) is 45.9 Å². The van der Waals surface area contributed by atoms with Crippen molar-refractivity contribution in [1.82, 2.24) is 4.98 Å². The third-order valence-corrected chi connectivity index (χ3v) is 4.13. The maximum Gasteiger partial charge on any atom is 0.491 e. The molecule has 1 aliphatic heterocycles. The molecule has 2 heterocycles. The highest BCUT2D eigenvalue weighted by Crippen LogP contribution is 2.38. The van der Waals surface area contributed by atoms with Gasteiger partial charge in [0.2, 0.25) is 5.88 Å². The minimum atomic E-state index is -0.454. The normalized spacial score (nSPS) is 20.7. The second kappa shape index (κ2) is 5.79. The Bertz CT molecular complexity index is 527. The molecule has 1 aromatic heterocycles. The zero-order valence-electron chi connectivity index (χ0n) is 13.3. The summed E-state index contributed by atoms with van der Waals surface area (Å²) in [6, 6.07) is 3.78. The van der Waals surface area contributed by atoms with E-state index in [-0.39, 0.29) is 11.2 Å². The number of nitrogens with two attached hydrogens (primary N) is 1. The van der Waals surface area contributed by atoms with Crippen molar-refractivity contribution in [3.63, 3.8) is 0 Å². The van der Waals surface area contributed by atoms with E-state index in [2.05, 4.69) is 4.98 Å². The zero-order chi connectivity index (χ0) is 15.7. The molecule has 1 aromatic rings. The van der Waals surface area contributed by atoms with Gasteiger partial charge < -0.3 is 19.8 Å². The Morgan fingerprint density at radius 3 is 2.48 bits per heavy atom. The summed E-state index contributed by atoms with van der Waals surface area (Å²) in [7, 11) is 1.14. The molecule has 5 nitrogen and oxygen atoms in total. The van der Waals surface area contributed by atoms with Crippen LogP contribution in [0.3, 0.4) is 0 Å². The molecule has 1 aliphatic rings. The number of rotatable bonds is 4. The van der Waals surface area contributed by atoms with E-state index >= 15 is 0 Å². The maximum absolute atomic E-state index is 6.03. The van der Waals surface area contributed by atoms with Gasteiger partial charge in [-0.05, 0) is 45.3 Å². The molecule has 114 valence electrons. The third-order valence-electron chi connectivity index (χ3n) is 4.13. The summed E-state index contributed by atoms with van der Waals surface area (Å²) in [4.78, 5) is 4.18. The third kappa shape index (κ3) is 3.12.